The summed E-state index contributed by atoms with van der Waals surface area (Å²) in [7, 11) is 0. The molecular formula is C33H34N5O5S+. The van der Waals surface area contributed by atoms with E-state index in [-0.39, 0.29) is 39.9 Å². The van der Waals surface area contributed by atoms with Gasteiger partial charge in [0, 0.05) is 65.0 Å². The lowest BCUT2D eigenvalue weighted by atomic mass is 9.88. The van der Waals surface area contributed by atoms with Gasteiger partial charge in [-0.3, -0.25) is 19.4 Å². The molecule has 1 N–H and O–H groups in total. The van der Waals surface area contributed by atoms with Gasteiger partial charge in [-0.25, -0.2) is 0 Å². The molecule has 2 aliphatic rings. The molecule has 2 fully saturated rings. The van der Waals surface area contributed by atoms with Crippen LogP contribution in [-0.4, -0.2) is 64.3 Å². The highest BCUT2D eigenvalue weighted by Gasteiger charge is 2.30. The number of ketones is 1. The second-order valence-electron chi connectivity index (χ2n) is 11.5. The number of nitrogens with zero attached hydrogens (tertiary/aromatic N) is 4. The van der Waals surface area contributed by atoms with Crippen LogP contribution in [0.5, 0.6) is 0 Å². The Kier molecular flexibility index (Phi) is 9.85. The molecule has 2 saturated heterocycles. The zero-order valence-corrected chi connectivity index (χ0v) is 25.1. The van der Waals surface area contributed by atoms with Gasteiger partial charge >= 0.3 is 11.7 Å². The number of amides is 2. The summed E-state index contributed by atoms with van der Waals surface area (Å²) in [6.45, 7) is 1.99. The predicted octanol–water partition coefficient (Wildman–Crippen LogP) is 4.02. The monoisotopic (exact) mass is 612 g/mol. The Morgan fingerprint density at radius 2 is 1.57 bits per heavy atom. The minimum atomic E-state index is -0.366. The van der Waals surface area contributed by atoms with Crippen molar-refractivity contribution in [1.82, 2.24) is 15.2 Å². The van der Waals surface area contributed by atoms with Crippen LogP contribution in [0.1, 0.15) is 73.6 Å². The average molecular weight is 613 g/mol. The van der Waals surface area contributed by atoms with Crippen molar-refractivity contribution >= 4 is 29.3 Å². The Labute approximate surface area is 260 Å². The standard InChI is InChI=1S/C33H33N5O5S/c34-19-23-1-3-24(4-2-23)21-38(42)17-13-29(14-18-38)36-32(40)30-10-9-28(20-35-30)33(41)37-15-11-27(12-16-37)31(39)26-7-5-25(6-8-26)22-44-43/h1-10,20,27,29H,11-18,21-22H2/p+1. The molecule has 2 amide bonds. The molecule has 3 aromatic rings. The van der Waals surface area contributed by atoms with E-state index in [2.05, 4.69) is 16.4 Å². The maximum Gasteiger partial charge on any atom is 0.463 e. The van der Waals surface area contributed by atoms with Gasteiger partial charge in [-0.05, 0) is 37.1 Å². The Morgan fingerprint density at radius 3 is 2.16 bits per heavy atom. The van der Waals surface area contributed by atoms with E-state index in [1.54, 1.807) is 47.4 Å². The number of carbonyl (C=O) groups excluding carboxylic acids is 3. The molecule has 11 heteroatoms. The first-order valence-corrected chi connectivity index (χ1v) is 15.7. The number of Topliss-reactive ketones (excluding diaryl/α,β-unsaturated/α-hetero) is 1. The molecule has 2 aromatic carbocycles. The van der Waals surface area contributed by atoms with Crippen LogP contribution in [0.3, 0.4) is 0 Å². The number of carbonyl (C=O) groups is 3. The topological polar surface area (TPSA) is 143 Å². The number of hydrogen-bond acceptors (Lipinski definition) is 7. The Bertz CT molecular complexity index is 1540. The first kappa shape index (κ1) is 31.1. The summed E-state index contributed by atoms with van der Waals surface area (Å²) >= 11 is 0.495. The molecule has 0 radical (unpaired) electrons. The smallest absolute Gasteiger partial charge is 0.463 e. The van der Waals surface area contributed by atoms with Gasteiger partial charge in [0.05, 0.1) is 30.3 Å². The first-order chi connectivity index (χ1) is 21.3. The largest absolute Gasteiger partial charge is 0.633 e. The number of aromatic nitrogens is 1. The van der Waals surface area contributed by atoms with Gasteiger partial charge < -0.3 is 20.1 Å². The van der Waals surface area contributed by atoms with E-state index in [0.29, 0.717) is 92.5 Å². The molecule has 2 aliphatic heterocycles. The predicted molar refractivity (Wildman–Crippen MR) is 164 cm³/mol. The van der Waals surface area contributed by atoms with Crippen LogP contribution in [0.15, 0.2) is 66.9 Å². The highest BCUT2D eigenvalue weighted by molar-refractivity contribution is 7.64. The van der Waals surface area contributed by atoms with Gasteiger partial charge in [0.25, 0.3) is 17.6 Å². The second kappa shape index (κ2) is 13.9. The lowest BCUT2D eigenvalue weighted by molar-refractivity contribution is -0.898. The number of benzene rings is 2. The summed E-state index contributed by atoms with van der Waals surface area (Å²) in [6, 6.07) is 19.3. The number of quaternary nitrogens is 1. The van der Waals surface area contributed by atoms with Crippen molar-refractivity contribution in [3.05, 3.63) is 106 Å². The lowest BCUT2D eigenvalue weighted by Gasteiger charge is -2.47. The third-order valence-electron chi connectivity index (χ3n) is 8.52. The SMILES string of the molecule is N#Cc1ccc(C[N+]2([O-])CCC(NC(=O)c3ccc(C(=O)N4CCC(C(=O)c5ccc(C[S+]=O)cc5)CC4)cn3)CC2)cc1. The Hall–Kier alpha value is -4.37. The van der Waals surface area contributed by atoms with Gasteiger partial charge in [-0.15, -0.1) is 0 Å². The number of hydrogen-bond donors (Lipinski definition) is 1. The van der Waals surface area contributed by atoms with Crippen LogP contribution in [-0.2, 0) is 28.2 Å². The lowest BCUT2D eigenvalue weighted by Crippen LogP contribution is -2.52. The molecule has 0 unspecified atom stereocenters. The normalized spacial score (nSPS) is 20.4. The summed E-state index contributed by atoms with van der Waals surface area (Å²) < 4.78 is 10.4. The molecule has 0 bridgehead atoms. The third kappa shape index (κ3) is 7.58. The minimum absolute atomic E-state index is 0.0552. The second-order valence-corrected chi connectivity index (χ2v) is 12.1. The molecular weight excluding hydrogens is 578 g/mol. The fourth-order valence-corrected chi connectivity index (χ4v) is 6.20. The summed E-state index contributed by atoms with van der Waals surface area (Å²) in [6.07, 6.45) is 3.64. The fraction of sp³-hybridized carbons (Fsp3) is 0.364. The van der Waals surface area contributed by atoms with Crippen molar-refractivity contribution in [2.45, 2.75) is 44.0 Å². The highest BCUT2D eigenvalue weighted by atomic mass is 32.1. The Balaban J connectivity index is 1.08. The molecule has 0 spiro atoms. The Morgan fingerprint density at radius 1 is 0.932 bits per heavy atom. The number of pyridine rings is 1. The third-order valence-corrected chi connectivity index (χ3v) is 8.97. The molecule has 0 aliphatic carbocycles. The van der Waals surface area contributed by atoms with Gasteiger partial charge in [-0.2, -0.15) is 5.26 Å². The van der Waals surface area contributed by atoms with E-state index >= 15 is 0 Å². The zero-order valence-electron chi connectivity index (χ0n) is 24.3. The summed E-state index contributed by atoms with van der Waals surface area (Å²) in [5.74, 6) is -0.273. The molecule has 3 heterocycles. The quantitative estimate of drug-likeness (QED) is 0.166. The molecule has 44 heavy (non-hydrogen) atoms. The van der Waals surface area contributed by atoms with Gasteiger partial charge in [0.15, 0.2) is 5.78 Å². The van der Waals surface area contributed by atoms with Crippen LogP contribution >= 0.6 is 0 Å². The van der Waals surface area contributed by atoms with Gasteiger partial charge in [-0.1, -0.05) is 36.4 Å². The van der Waals surface area contributed by atoms with Crippen molar-refractivity contribution in [1.29, 1.82) is 5.26 Å². The van der Waals surface area contributed by atoms with Crippen molar-refractivity contribution in [2.75, 3.05) is 26.2 Å². The van der Waals surface area contributed by atoms with Crippen molar-refractivity contribution in [3.63, 3.8) is 0 Å². The zero-order chi connectivity index (χ0) is 31.1. The highest BCUT2D eigenvalue weighted by Crippen LogP contribution is 2.24. The van der Waals surface area contributed by atoms with Crippen molar-refractivity contribution in [2.24, 2.45) is 5.92 Å². The number of piperidine rings is 2. The molecule has 0 atom stereocenters. The van der Waals surface area contributed by atoms with E-state index in [9.17, 15) is 23.8 Å². The number of rotatable bonds is 9. The molecule has 0 saturated carbocycles. The summed E-state index contributed by atoms with van der Waals surface area (Å²) in [5, 5.41) is 25.1. The van der Waals surface area contributed by atoms with E-state index < -0.39 is 0 Å². The van der Waals surface area contributed by atoms with Crippen LogP contribution in [0, 0.1) is 22.5 Å². The van der Waals surface area contributed by atoms with E-state index in [0.717, 1.165) is 11.1 Å². The van der Waals surface area contributed by atoms with Gasteiger partial charge in [0.1, 0.15) is 12.2 Å². The number of nitrogens with one attached hydrogen (secondary N) is 1. The number of hydroxylamine groups is 3. The van der Waals surface area contributed by atoms with E-state index in [1.165, 1.54) is 12.3 Å². The first-order valence-electron chi connectivity index (χ1n) is 14.8. The summed E-state index contributed by atoms with van der Waals surface area (Å²) in [4.78, 5) is 44.8. The van der Waals surface area contributed by atoms with Crippen molar-refractivity contribution in [3.8, 4) is 6.07 Å². The minimum Gasteiger partial charge on any atom is -0.633 e. The molecule has 226 valence electrons. The fourth-order valence-electron chi connectivity index (χ4n) is 5.87. The molecule has 10 nitrogen and oxygen atoms in total. The number of likely N-dealkylation sites (tertiary alicyclic amines) is 2. The van der Waals surface area contributed by atoms with Gasteiger partial charge in [0.2, 0.25) is 0 Å². The van der Waals surface area contributed by atoms with E-state index in [4.69, 9.17) is 5.26 Å². The van der Waals surface area contributed by atoms with E-state index in [1.807, 2.05) is 12.1 Å². The van der Waals surface area contributed by atoms with Crippen LogP contribution in [0.25, 0.3) is 0 Å². The summed E-state index contributed by atoms with van der Waals surface area (Å²) in [5.41, 5.74) is 3.54. The average Bonchev–Trinajstić information content (AvgIpc) is 3.06. The molecule has 5 rings (SSSR count). The number of nitriles is 1. The maximum atomic E-state index is 13.2. The van der Waals surface area contributed by atoms with Crippen LogP contribution in [0.2, 0.25) is 0 Å². The van der Waals surface area contributed by atoms with Crippen LogP contribution < -0.4 is 5.32 Å². The maximum absolute atomic E-state index is 13.2. The van der Waals surface area contributed by atoms with Crippen molar-refractivity contribution < 1.29 is 23.2 Å². The van der Waals surface area contributed by atoms with Crippen LogP contribution in [0.4, 0.5) is 0 Å². The molecule has 1 aromatic heterocycles.